The Morgan fingerprint density at radius 2 is 1.88 bits per heavy atom. The molecule has 5 nitrogen and oxygen atoms in total. The van der Waals surface area contributed by atoms with E-state index in [-0.39, 0.29) is 29.6 Å². The minimum atomic E-state index is -4.71. The fourth-order valence-electron chi connectivity index (χ4n) is 3.55. The van der Waals surface area contributed by atoms with Gasteiger partial charge in [0, 0.05) is 5.56 Å². The molecule has 11 heteroatoms. The van der Waals surface area contributed by atoms with Crippen molar-refractivity contribution >= 4 is 6.08 Å². The van der Waals surface area contributed by atoms with Crippen molar-refractivity contribution in [2.24, 2.45) is 0 Å². The third-order valence-corrected chi connectivity index (χ3v) is 5.20. The van der Waals surface area contributed by atoms with Crippen LogP contribution in [0.1, 0.15) is 41.5 Å². The monoisotopic (exact) mass is 483 g/mol. The van der Waals surface area contributed by atoms with E-state index >= 15 is 0 Å². The maximum atomic E-state index is 13.6. The van der Waals surface area contributed by atoms with E-state index in [0.717, 1.165) is 43.7 Å². The first-order chi connectivity index (χ1) is 16.1. The van der Waals surface area contributed by atoms with Crippen LogP contribution in [0.4, 0.5) is 26.3 Å². The molecule has 1 aliphatic rings. The lowest BCUT2D eigenvalue weighted by molar-refractivity contribution is -0.139. The predicted molar refractivity (Wildman–Crippen MR) is 111 cm³/mol. The van der Waals surface area contributed by atoms with Crippen LogP contribution in [-0.4, -0.2) is 23.3 Å². The zero-order valence-corrected chi connectivity index (χ0v) is 17.6. The summed E-state index contributed by atoms with van der Waals surface area (Å²) in [5.41, 5.74) is -1.48. The van der Waals surface area contributed by atoms with Gasteiger partial charge >= 0.3 is 12.4 Å². The first-order valence-electron chi connectivity index (χ1n) is 10.4. The number of hydrogen-bond donors (Lipinski definition) is 1. The third kappa shape index (κ3) is 5.58. The molecular weight excluding hydrogens is 464 g/mol. The second-order valence-corrected chi connectivity index (χ2v) is 7.65. The molecular formula is C23H19F6N3O2. The molecule has 0 radical (unpaired) electrons. The van der Waals surface area contributed by atoms with Gasteiger partial charge in [0.2, 0.25) is 11.7 Å². The molecule has 1 atom stereocenters. The Hall–Kier alpha value is -3.34. The fraction of sp³-hybridized carbons (Fsp3) is 0.304. The van der Waals surface area contributed by atoms with Crippen molar-refractivity contribution in [2.45, 2.75) is 31.2 Å². The number of halogens is 6. The van der Waals surface area contributed by atoms with Gasteiger partial charge in [-0.25, -0.2) is 0 Å². The largest absolute Gasteiger partial charge is 0.489 e. The lowest BCUT2D eigenvalue weighted by Crippen LogP contribution is -2.13. The molecule has 2 aromatic carbocycles. The van der Waals surface area contributed by atoms with Gasteiger partial charge in [-0.15, -0.1) is 0 Å². The second-order valence-electron chi connectivity index (χ2n) is 7.65. The van der Waals surface area contributed by atoms with E-state index in [2.05, 4.69) is 15.5 Å². The van der Waals surface area contributed by atoms with E-state index in [9.17, 15) is 26.3 Å². The van der Waals surface area contributed by atoms with E-state index in [1.54, 1.807) is 0 Å². The summed E-state index contributed by atoms with van der Waals surface area (Å²) in [7, 11) is 0. The zero-order chi connectivity index (χ0) is 24.3. The summed E-state index contributed by atoms with van der Waals surface area (Å²) < 4.78 is 89.8. The Kier molecular flexibility index (Phi) is 6.65. The minimum absolute atomic E-state index is 0.0326. The first-order valence-corrected chi connectivity index (χ1v) is 10.4. The number of hydrogen-bond acceptors (Lipinski definition) is 5. The molecule has 4 rings (SSSR count). The Balaban J connectivity index is 1.48. The highest BCUT2D eigenvalue weighted by Crippen LogP contribution is 2.39. The van der Waals surface area contributed by atoms with Crippen molar-refractivity contribution in [3.8, 4) is 17.1 Å². The van der Waals surface area contributed by atoms with E-state index < -0.39 is 29.2 Å². The molecule has 0 aliphatic carbocycles. The SMILES string of the molecule is FC(F)(F)c1cccc(/C=C/COc2ccc(-c3noc([C@@H]4CCCN4)n3)cc2C(F)(F)F)c1. The maximum absolute atomic E-state index is 13.6. The highest BCUT2D eigenvalue weighted by molar-refractivity contribution is 5.59. The smallest absolute Gasteiger partial charge is 0.419 e. The molecule has 2 heterocycles. The second kappa shape index (κ2) is 9.49. The van der Waals surface area contributed by atoms with E-state index in [4.69, 9.17) is 9.26 Å². The third-order valence-electron chi connectivity index (χ3n) is 5.20. The highest BCUT2D eigenvalue weighted by Gasteiger charge is 2.35. The van der Waals surface area contributed by atoms with Crippen LogP contribution in [0.3, 0.4) is 0 Å². The number of aromatic nitrogens is 2. The lowest BCUT2D eigenvalue weighted by atomic mass is 10.1. The topological polar surface area (TPSA) is 60.2 Å². The van der Waals surface area contributed by atoms with E-state index in [0.29, 0.717) is 5.89 Å². The predicted octanol–water partition coefficient (Wildman–Crippen LogP) is 6.29. The van der Waals surface area contributed by atoms with Crippen molar-refractivity contribution in [1.29, 1.82) is 0 Å². The van der Waals surface area contributed by atoms with Crippen molar-refractivity contribution in [2.75, 3.05) is 13.2 Å². The molecule has 0 unspecified atom stereocenters. The highest BCUT2D eigenvalue weighted by atomic mass is 19.4. The molecule has 34 heavy (non-hydrogen) atoms. The zero-order valence-electron chi connectivity index (χ0n) is 17.6. The van der Waals surface area contributed by atoms with Gasteiger partial charge in [-0.05, 0) is 61.4 Å². The van der Waals surface area contributed by atoms with Crippen LogP contribution in [0, 0.1) is 0 Å². The van der Waals surface area contributed by atoms with Gasteiger partial charge in [0.15, 0.2) is 0 Å². The van der Waals surface area contributed by atoms with E-state index in [1.165, 1.54) is 30.4 Å². The van der Waals surface area contributed by atoms with Crippen LogP contribution in [0.25, 0.3) is 17.5 Å². The standard InChI is InChI=1S/C23H19F6N3O2/c24-22(25,26)16-6-1-4-14(12-16)5-3-11-33-19-9-8-15(13-17(19)23(27,28)29)20-31-21(34-32-20)18-7-2-10-30-18/h1,3-6,8-9,12-13,18,30H,2,7,10-11H2/b5-3+/t18-/m0/s1. The van der Waals surface area contributed by atoms with Gasteiger partial charge in [-0.1, -0.05) is 23.4 Å². The molecule has 0 saturated carbocycles. The molecule has 1 N–H and O–H groups in total. The first kappa shape index (κ1) is 23.8. The molecule has 3 aromatic rings. The van der Waals surface area contributed by atoms with Crippen LogP contribution in [0.15, 0.2) is 53.1 Å². The Bertz CT molecular complexity index is 1160. The fourth-order valence-corrected chi connectivity index (χ4v) is 3.55. The van der Waals surface area contributed by atoms with Gasteiger partial charge in [-0.2, -0.15) is 31.3 Å². The van der Waals surface area contributed by atoms with Crippen molar-refractivity contribution in [3.05, 3.63) is 71.1 Å². The summed E-state index contributed by atoms with van der Waals surface area (Å²) in [5, 5.41) is 6.97. The summed E-state index contributed by atoms with van der Waals surface area (Å²) in [6.45, 7) is 0.521. The average Bonchev–Trinajstić information content (AvgIpc) is 3.48. The molecule has 1 aliphatic heterocycles. The lowest BCUT2D eigenvalue weighted by Gasteiger charge is -2.14. The van der Waals surface area contributed by atoms with Gasteiger partial charge < -0.3 is 14.6 Å². The van der Waals surface area contributed by atoms with Gasteiger partial charge in [0.25, 0.3) is 0 Å². The van der Waals surface area contributed by atoms with Crippen LogP contribution in [0.5, 0.6) is 5.75 Å². The molecule has 0 amide bonds. The summed E-state index contributed by atoms with van der Waals surface area (Å²) in [6.07, 6.45) is -4.78. The number of nitrogens with zero attached hydrogens (tertiary/aromatic N) is 2. The summed E-state index contributed by atoms with van der Waals surface area (Å²) in [4.78, 5) is 4.21. The van der Waals surface area contributed by atoms with Crippen molar-refractivity contribution in [1.82, 2.24) is 15.5 Å². The van der Waals surface area contributed by atoms with Crippen LogP contribution >= 0.6 is 0 Å². The molecule has 1 aromatic heterocycles. The van der Waals surface area contributed by atoms with Crippen molar-refractivity contribution in [3.63, 3.8) is 0 Å². The Morgan fingerprint density at radius 1 is 1.06 bits per heavy atom. The Morgan fingerprint density at radius 3 is 2.59 bits per heavy atom. The quantitative estimate of drug-likeness (QED) is 0.418. The molecule has 1 fully saturated rings. The summed E-state index contributed by atoms with van der Waals surface area (Å²) >= 11 is 0. The molecule has 0 bridgehead atoms. The minimum Gasteiger partial charge on any atom is -0.489 e. The number of ether oxygens (including phenoxy) is 1. The maximum Gasteiger partial charge on any atom is 0.419 e. The number of nitrogens with one attached hydrogen (secondary N) is 1. The number of rotatable bonds is 6. The number of alkyl halides is 6. The normalized spacial score (nSPS) is 16.9. The van der Waals surface area contributed by atoms with Gasteiger partial charge in [0.1, 0.15) is 12.4 Å². The summed E-state index contributed by atoms with van der Waals surface area (Å²) in [5.74, 6) is -0.0718. The van der Waals surface area contributed by atoms with Gasteiger partial charge in [0.05, 0.1) is 17.2 Å². The van der Waals surface area contributed by atoms with Crippen LogP contribution < -0.4 is 10.1 Å². The van der Waals surface area contributed by atoms with Crippen molar-refractivity contribution < 1.29 is 35.6 Å². The van der Waals surface area contributed by atoms with Gasteiger partial charge in [-0.3, -0.25) is 0 Å². The molecule has 180 valence electrons. The Labute approximate surface area is 190 Å². The number of benzene rings is 2. The van der Waals surface area contributed by atoms with Crippen LogP contribution in [-0.2, 0) is 12.4 Å². The van der Waals surface area contributed by atoms with E-state index in [1.807, 2.05) is 0 Å². The molecule has 1 saturated heterocycles. The average molecular weight is 483 g/mol. The van der Waals surface area contributed by atoms with Crippen LogP contribution in [0.2, 0.25) is 0 Å². The molecule has 0 spiro atoms. The summed E-state index contributed by atoms with van der Waals surface area (Å²) in [6, 6.07) is 7.86.